The fourth-order valence-electron chi connectivity index (χ4n) is 2.18. The van der Waals surface area contributed by atoms with Crippen molar-refractivity contribution >= 4 is 22.8 Å². The number of amides is 3. The Labute approximate surface area is 118 Å². The number of aromatic nitrogens is 2. The maximum Gasteiger partial charge on any atom is 0.324 e. The second kappa shape index (κ2) is 4.97. The van der Waals surface area contributed by atoms with Gasteiger partial charge in [0.15, 0.2) is 0 Å². The van der Waals surface area contributed by atoms with E-state index in [0.717, 1.165) is 15.5 Å². The van der Waals surface area contributed by atoms with Crippen LogP contribution < -0.4 is 10.9 Å². The smallest absolute Gasteiger partial charge is 0.324 e. The molecular weight excluding hydrogens is 279 g/mol. The molecule has 1 aliphatic rings. The van der Waals surface area contributed by atoms with Crippen LogP contribution >= 0.6 is 0 Å². The molecule has 1 saturated heterocycles. The van der Waals surface area contributed by atoms with Crippen molar-refractivity contribution < 1.29 is 14.0 Å². The average molecular weight is 290 g/mol. The SMILES string of the molecule is O=C(Cn1cnc2ccc(F)cc2c1=O)N1CCNC1=O. The van der Waals surface area contributed by atoms with Crippen LogP contribution in [-0.4, -0.2) is 39.5 Å². The minimum atomic E-state index is -0.551. The lowest BCUT2D eigenvalue weighted by atomic mass is 10.2. The van der Waals surface area contributed by atoms with Gasteiger partial charge in [0.25, 0.3) is 11.5 Å². The van der Waals surface area contributed by atoms with E-state index in [0.29, 0.717) is 12.1 Å². The van der Waals surface area contributed by atoms with E-state index in [4.69, 9.17) is 0 Å². The van der Waals surface area contributed by atoms with Crippen molar-refractivity contribution in [2.24, 2.45) is 0 Å². The highest BCUT2D eigenvalue weighted by Crippen LogP contribution is 2.08. The van der Waals surface area contributed by atoms with Gasteiger partial charge in [-0.1, -0.05) is 0 Å². The third-order valence-corrected chi connectivity index (χ3v) is 3.25. The summed E-state index contributed by atoms with van der Waals surface area (Å²) in [5.41, 5.74) is -0.170. The molecule has 1 aromatic carbocycles. The van der Waals surface area contributed by atoms with Gasteiger partial charge in [0.1, 0.15) is 12.4 Å². The van der Waals surface area contributed by atoms with Gasteiger partial charge in [-0.3, -0.25) is 19.1 Å². The van der Waals surface area contributed by atoms with Gasteiger partial charge < -0.3 is 5.32 Å². The highest BCUT2D eigenvalue weighted by molar-refractivity contribution is 5.95. The van der Waals surface area contributed by atoms with Gasteiger partial charge in [0.2, 0.25) is 0 Å². The largest absolute Gasteiger partial charge is 0.336 e. The Balaban J connectivity index is 1.94. The zero-order chi connectivity index (χ0) is 15.0. The molecule has 0 spiro atoms. The molecule has 0 unspecified atom stereocenters. The summed E-state index contributed by atoms with van der Waals surface area (Å²) >= 11 is 0. The number of benzene rings is 1. The zero-order valence-corrected chi connectivity index (χ0v) is 10.9. The molecular formula is C13H11FN4O3. The van der Waals surface area contributed by atoms with E-state index in [1.807, 2.05) is 0 Å². The molecule has 108 valence electrons. The Bertz CT molecular complexity index is 802. The second-order valence-corrected chi connectivity index (χ2v) is 4.62. The number of imide groups is 1. The van der Waals surface area contributed by atoms with Crippen LogP contribution in [0.1, 0.15) is 0 Å². The summed E-state index contributed by atoms with van der Waals surface area (Å²) in [6.45, 7) is 0.342. The molecule has 0 atom stereocenters. The van der Waals surface area contributed by atoms with Crippen LogP contribution in [0.2, 0.25) is 0 Å². The van der Waals surface area contributed by atoms with Crippen molar-refractivity contribution in [2.75, 3.05) is 13.1 Å². The molecule has 3 amide bonds. The number of carbonyl (C=O) groups excluding carboxylic acids is 2. The van der Waals surface area contributed by atoms with Crippen molar-refractivity contribution in [3.05, 3.63) is 40.7 Å². The van der Waals surface area contributed by atoms with Crippen LogP contribution in [0.3, 0.4) is 0 Å². The predicted molar refractivity (Wildman–Crippen MR) is 71.1 cm³/mol. The Morgan fingerprint density at radius 2 is 2.19 bits per heavy atom. The molecule has 2 aromatic rings. The molecule has 2 heterocycles. The van der Waals surface area contributed by atoms with Crippen LogP contribution in [-0.2, 0) is 11.3 Å². The molecule has 7 nitrogen and oxygen atoms in total. The molecule has 8 heteroatoms. The van der Waals surface area contributed by atoms with Gasteiger partial charge >= 0.3 is 6.03 Å². The minimum Gasteiger partial charge on any atom is -0.336 e. The number of nitrogens with zero attached hydrogens (tertiary/aromatic N) is 3. The van der Waals surface area contributed by atoms with E-state index in [1.54, 1.807) is 0 Å². The average Bonchev–Trinajstić information content (AvgIpc) is 2.89. The lowest BCUT2D eigenvalue weighted by molar-refractivity contribution is -0.128. The first-order chi connectivity index (χ1) is 10.1. The van der Waals surface area contributed by atoms with Crippen molar-refractivity contribution in [3.63, 3.8) is 0 Å². The molecule has 0 bridgehead atoms. The third-order valence-electron chi connectivity index (χ3n) is 3.25. The van der Waals surface area contributed by atoms with Gasteiger partial charge in [-0.15, -0.1) is 0 Å². The lowest BCUT2D eigenvalue weighted by Crippen LogP contribution is -2.38. The van der Waals surface area contributed by atoms with Gasteiger partial charge in [-0.2, -0.15) is 0 Å². The normalized spacial score (nSPS) is 14.5. The van der Waals surface area contributed by atoms with Crippen molar-refractivity contribution in [2.45, 2.75) is 6.54 Å². The summed E-state index contributed by atoms with van der Waals surface area (Å²) in [7, 11) is 0. The van der Waals surface area contributed by atoms with Crippen LogP contribution in [0.4, 0.5) is 9.18 Å². The maximum atomic E-state index is 13.2. The number of rotatable bonds is 2. The monoisotopic (exact) mass is 290 g/mol. The lowest BCUT2D eigenvalue weighted by Gasteiger charge is -2.13. The quantitative estimate of drug-likeness (QED) is 0.849. The van der Waals surface area contributed by atoms with E-state index >= 15 is 0 Å². The van der Waals surface area contributed by atoms with Crippen LogP contribution in [0.25, 0.3) is 10.9 Å². The minimum absolute atomic E-state index is 0.0937. The van der Waals surface area contributed by atoms with Crippen molar-refractivity contribution in [1.82, 2.24) is 19.8 Å². The predicted octanol–water partition coefficient (Wildman–Crippen LogP) is 0.0874. The summed E-state index contributed by atoms with van der Waals surface area (Å²) in [4.78, 5) is 40.6. The van der Waals surface area contributed by atoms with Crippen LogP contribution in [0.5, 0.6) is 0 Å². The summed E-state index contributed by atoms with van der Waals surface area (Å²) in [5, 5.41) is 2.60. The Hall–Kier alpha value is -2.77. The first-order valence-corrected chi connectivity index (χ1v) is 6.29. The molecule has 1 aliphatic heterocycles. The Morgan fingerprint density at radius 3 is 2.90 bits per heavy atom. The van der Waals surface area contributed by atoms with E-state index in [2.05, 4.69) is 10.3 Å². The number of fused-ring (bicyclic) bond motifs is 1. The van der Waals surface area contributed by atoms with Gasteiger partial charge in [-0.25, -0.2) is 14.2 Å². The first-order valence-electron chi connectivity index (χ1n) is 6.29. The standard InChI is InChI=1S/C13H11FN4O3/c14-8-1-2-10-9(5-8)12(20)17(7-16-10)6-11(19)18-4-3-15-13(18)21/h1-2,5,7H,3-4,6H2,(H,15,21). The molecule has 1 fully saturated rings. The molecule has 1 aromatic heterocycles. The van der Waals surface area contributed by atoms with E-state index in [-0.39, 0.29) is 18.5 Å². The number of nitrogens with one attached hydrogen (secondary N) is 1. The number of carbonyl (C=O) groups is 2. The fourth-order valence-corrected chi connectivity index (χ4v) is 2.18. The maximum absolute atomic E-state index is 13.2. The molecule has 21 heavy (non-hydrogen) atoms. The molecule has 3 rings (SSSR count). The summed E-state index contributed by atoms with van der Waals surface area (Å²) in [6.07, 6.45) is 1.22. The van der Waals surface area contributed by atoms with Crippen molar-refractivity contribution in [1.29, 1.82) is 0 Å². The van der Waals surface area contributed by atoms with E-state index in [1.165, 1.54) is 18.5 Å². The number of urea groups is 1. The third kappa shape index (κ3) is 2.35. The molecule has 1 N–H and O–H groups in total. The summed E-state index contributed by atoms with van der Waals surface area (Å²) in [5.74, 6) is -1.06. The number of hydrogen-bond donors (Lipinski definition) is 1. The zero-order valence-electron chi connectivity index (χ0n) is 10.9. The summed E-state index contributed by atoms with van der Waals surface area (Å²) < 4.78 is 14.3. The first kappa shape index (κ1) is 13.2. The molecule has 0 aliphatic carbocycles. The highest BCUT2D eigenvalue weighted by Gasteiger charge is 2.26. The van der Waals surface area contributed by atoms with Gasteiger partial charge in [0.05, 0.1) is 17.2 Å². The van der Waals surface area contributed by atoms with E-state index < -0.39 is 23.3 Å². The van der Waals surface area contributed by atoms with Crippen molar-refractivity contribution in [3.8, 4) is 0 Å². The highest BCUT2D eigenvalue weighted by atomic mass is 19.1. The van der Waals surface area contributed by atoms with Gasteiger partial charge in [0, 0.05) is 13.1 Å². The second-order valence-electron chi connectivity index (χ2n) is 4.62. The molecule has 0 radical (unpaired) electrons. The fraction of sp³-hybridized carbons (Fsp3) is 0.231. The number of hydrogen-bond acceptors (Lipinski definition) is 4. The van der Waals surface area contributed by atoms with Crippen LogP contribution in [0, 0.1) is 5.82 Å². The van der Waals surface area contributed by atoms with Crippen LogP contribution in [0.15, 0.2) is 29.3 Å². The Morgan fingerprint density at radius 1 is 1.38 bits per heavy atom. The molecule has 0 saturated carbocycles. The summed E-state index contributed by atoms with van der Waals surface area (Å²) in [6, 6.07) is 3.20. The van der Waals surface area contributed by atoms with Gasteiger partial charge in [-0.05, 0) is 18.2 Å². The Kier molecular flexibility index (Phi) is 3.13. The number of halogens is 1. The van der Waals surface area contributed by atoms with E-state index in [9.17, 15) is 18.8 Å². The topological polar surface area (TPSA) is 84.3 Å².